The maximum absolute atomic E-state index is 13.7. The molecule has 3 heterocycles. The van der Waals surface area contributed by atoms with Crippen molar-refractivity contribution in [1.82, 2.24) is 14.2 Å². The minimum atomic E-state index is -0.382. The summed E-state index contributed by atoms with van der Waals surface area (Å²) in [4.78, 5) is 31.2. The van der Waals surface area contributed by atoms with Gasteiger partial charge in [-0.1, -0.05) is 41.9 Å². The average Bonchev–Trinajstić information content (AvgIpc) is 3.59. The second kappa shape index (κ2) is 10.7. The molecule has 0 bridgehead atoms. The number of benzene rings is 4. The first-order valence-electron chi connectivity index (χ1n) is 13.3. The summed E-state index contributed by atoms with van der Waals surface area (Å²) in [6.45, 7) is 0.00992. The summed E-state index contributed by atoms with van der Waals surface area (Å²) in [6, 6.07) is 27.2. The predicted molar refractivity (Wildman–Crippen MR) is 166 cm³/mol. The first-order valence-corrected chi connectivity index (χ1v) is 13.7. The second-order valence-electron chi connectivity index (χ2n) is 9.89. The molecule has 0 fully saturated rings. The van der Waals surface area contributed by atoms with Gasteiger partial charge in [0.15, 0.2) is 5.76 Å². The lowest BCUT2D eigenvalue weighted by atomic mass is 10.2. The van der Waals surface area contributed by atoms with Gasteiger partial charge in [-0.25, -0.2) is 9.37 Å². The van der Waals surface area contributed by atoms with E-state index in [-0.39, 0.29) is 29.7 Å². The number of aromatic nitrogens is 3. The molecule has 0 radical (unpaired) electrons. The van der Waals surface area contributed by atoms with Gasteiger partial charge in [-0.15, -0.1) is 0 Å². The van der Waals surface area contributed by atoms with Crippen molar-refractivity contribution in [2.45, 2.75) is 6.54 Å². The lowest BCUT2D eigenvalue weighted by Crippen LogP contribution is -2.20. The molecule has 0 saturated heterocycles. The zero-order valence-corrected chi connectivity index (χ0v) is 23.1. The van der Waals surface area contributed by atoms with E-state index < -0.39 is 0 Å². The Morgan fingerprint density at radius 3 is 2.58 bits per heavy atom. The molecule has 7 aromatic rings. The molecule has 0 spiro atoms. The maximum atomic E-state index is 13.7. The molecule has 10 heteroatoms. The molecule has 1 N–H and O–H groups in total. The van der Waals surface area contributed by atoms with E-state index in [1.807, 2.05) is 30.3 Å². The summed E-state index contributed by atoms with van der Waals surface area (Å²) < 4.78 is 22.3. The molecule has 4 aromatic carbocycles. The van der Waals surface area contributed by atoms with E-state index in [1.165, 1.54) is 28.9 Å². The third-order valence-corrected chi connectivity index (χ3v) is 7.26. The molecular formula is C33H21ClFN5O3. The molecule has 0 saturated carbocycles. The number of amides is 1. The summed E-state index contributed by atoms with van der Waals surface area (Å²) in [5, 5.41) is 9.94. The fourth-order valence-electron chi connectivity index (χ4n) is 5.03. The van der Waals surface area contributed by atoms with Gasteiger partial charge in [0.2, 0.25) is 11.7 Å². The van der Waals surface area contributed by atoms with Crippen LogP contribution in [-0.2, 0) is 11.3 Å². The number of carbonyl (C=O) groups excluding carboxylic acids is 1. The van der Waals surface area contributed by atoms with E-state index in [0.29, 0.717) is 38.5 Å². The van der Waals surface area contributed by atoms with Crippen LogP contribution in [0, 0.1) is 5.82 Å². The Morgan fingerprint density at radius 1 is 0.977 bits per heavy atom. The van der Waals surface area contributed by atoms with Gasteiger partial charge >= 0.3 is 0 Å². The van der Waals surface area contributed by atoms with Crippen molar-refractivity contribution in [3.05, 3.63) is 130 Å². The number of para-hydroxylation sites is 2. The van der Waals surface area contributed by atoms with Crippen molar-refractivity contribution in [2.75, 3.05) is 5.32 Å². The Balaban J connectivity index is 1.29. The molecule has 1 amide bonds. The number of anilines is 1. The minimum Gasteiger partial charge on any atom is -0.453 e. The van der Waals surface area contributed by atoms with Gasteiger partial charge in [-0.3, -0.25) is 9.59 Å². The Bertz CT molecular complexity index is 2270. The van der Waals surface area contributed by atoms with E-state index in [9.17, 15) is 14.0 Å². The van der Waals surface area contributed by atoms with Gasteiger partial charge in [-0.2, -0.15) is 9.78 Å². The number of hydrogen-bond acceptors (Lipinski definition) is 5. The van der Waals surface area contributed by atoms with Gasteiger partial charge in [0.1, 0.15) is 17.9 Å². The van der Waals surface area contributed by atoms with Crippen LogP contribution in [-0.4, -0.2) is 26.3 Å². The van der Waals surface area contributed by atoms with Crippen molar-refractivity contribution < 1.29 is 13.6 Å². The molecule has 3 aromatic heterocycles. The predicted octanol–water partition coefficient (Wildman–Crippen LogP) is 7.08. The number of nitrogens with zero attached hydrogens (tertiary/aromatic N) is 4. The fourth-order valence-corrected chi connectivity index (χ4v) is 5.21. The number of rotatable bonds is 6. The topological polar surface area (TPSA) is 94.4 Å². The van der Waals surface area contributed by atoms with Crippen molar-refractivity contribution in [3.63, 3.8) is 0 Å². The first kappa shape index (κ1) is 26.4. The lowest BCUT2D eigenvalue weighted by Gasteiger charge is -2.07. The van der Waals surface area contributed by atoms with Crippen LogP contribution in [0.1, 0.15) is 5.56 Å². The quantitative estimate of drug-likeness (QED) is 0.210. The third-order valence-electron chi connectivity index (χ3n) is 7.03. The number of carbonyl (C=O) groups is 1. The van der Waals surface area contributed by atoms with E-state index in [2.05, 4.69) is 10.4 Å². The highest BCUT2D eigenvalue weighted by Gasteiger charge is 2.17. The van der Waals surface area contributed by atoms with Gasteiger partial charge in [-0.05, 0) is 66.7 Å². The zero-order valence-electron chi connectivity index (χ0n) is 22.4. The monoisotopic (exact) mass is 589 g/mol. The number of fused-ring (bicyclic) bond motifs is 3. The maximum Gasteiger partial charge on any atom is 0.282 e. The Morgan fingerprint density at radius 2 is 1.74 bits per heavy atom. The number of furan rings is 1. The Hall–Kier alpha value is -5.54. The summed E-state index contributed by atoms with van der Waals surface area (Å²) in [6.07, 6.45) is 3.36. The van der Waals surface area contributed by atoms with Crippen molar-refractivity contribution in [1.29, 1.82) is 0 Å². The van der Waals surface area contributed by atoms with E-state index >= 15 is 0 Å². The van der Waals surface area contributed by atoms with E-state index in [0.717, 1.165) is 16.3 Å². The fraction of sp³-hybridized carbons (Fsp3) is 0.0303. The highest BCUT2D eigenvalue weighted by molar-refractivity contribution is 6.31. The highest BCUT2D eigenvalue weighted by Crippen LogP contribution is 2.29. The number of halogens is 2. The largest absolute Gasteiger partial charge is 0.453 e. The molecule has 0 aliphatic heterocycles. The smallest absolute Gasteiger partial charge is 0.282 e. The van der Waals surface area contributed by atoms with Crippen LogP contribution in [0.25, 0.3) is 44.4 Å². The molecule has 8 nitrogen and oxygen atoms in total. The van der Waals surface area contributed by atoms with Crippen LogP contribution in [0.4, 0.5) is 10.1 Å². The molecule has 0 aliphatic carbocycles. The molecule has 210 valence electrons. The van der Waals surface area contributed by atoms with Gasteiger partial charge in [0, 0.05) is 38.8 Å². The molecular weight excluding hydrogens is 569 g/mol. The molecule has 43 heavy (non-hydrogen) atoms. The van der Waals surface area contributed by atoms with Crippen LogP contribution >= 0.6 is 11.6 Å². The zero-order chi connectivity index (χ0) is 29.5. The molecule has 0 atom stereocenters. The van der Waals surface area contributed by atoms with E-state index in [1.54, 1.807) is 59.4 Å². The molecule has 0 aliphatic rings. The van der Waals surface area contributed by atoms with Crippen LogP contribution < -0.4 is 10.9 Å². The summed E-state index contributed by atoms with van der Waals surface area (Å²) in [5.41, 5.74) is 2.73. The Kier molecular flexibility index (Phi) is 6.56. The second-order valence-corrected chi connectivity index (χ2v) is 10.3. The molecule has 7 rings (SSSR count). The Labute approximate surface area is 248 Å². The summed E-state index contributed by atoms with van der Waals surface area (Å²) >= 11 is 6.18. The third kappa shape index (κ3) is 5.06. The normalized spacial score (nSPS) is 11.7. The van der Waals surface area contributed by atoms with E-state index in [4.69, 9.17) is 21.0 Å². The van der Waals surface area contributed by atoms with Gasteiger partial charge in [0.25, 0.3) is 5.56 Å². The number of nitrogens with one attached hydrogen (secondary N) is 1. The SMILES string of the molecule is O=C(Cn1cc(C=Nn2c(-c3cc4cc(Cl)ccc4o3)nc3ccccc3c2=O)c2ccccc21)Nc1ccc(F)cc1. The van der Waals surface area contributed by atoms with Crippen LogP contribution in [0.5, 0.6) is 0 Å². The van der Waals surface area contributed by atoms with Crippen LogP contribution in [0.3, 0.4) is 0 Å². The van der Waals surface area contributed by atoms with Crippen molar-refractivity contribution in [3.8, 4) is 11.6 Å². The van der Waals surface area contributed by atoms with Crippen LogP contribution in [0.2, 0.25) is 5.02 Å². The summed E-state index contributed by atoms with van der Waals surface area (Å²) in [7, 11) is 0. The van der Waals surface area contributed by atoms with Crippen molar-refractivity contribution in [2.24, 2.45) is 5.10 Å². The highest BCUT2D eigenvalue weighted by atomic mass is 35.5. The van der Waals surface area contributed by atoms with Crippen LogP contribution in [0.15, 0.2) is 118 Å². The van der Waals surface area contributed by atoms with Gasteiger partial charge in [0.05, 0.1) is 17.1 Å². The lowest BCUT2D eigenvalue weighted by molar-refractivity contribution is -0.116. The minimum absolute atomic E-state index is 0.00992. The average molecular weight is 590 g/mol. The first-order chi connectivity index (χ1) is 20.9. The summed E-state index contributed by atoms with van der Waals surface area (Å²) in [5.74, 6) is -0.0724. The standard InChI is InChI=1S/C33H21ClFN5O3/c34-22-9-14-29-20(15-22)16-30(43-29)32-38-27-7-3-1-6-26(27)33(42)40(32)36-17-21-18-39(28-8-4-2-5-25(21)28)19-31(41)37-24-12-10-23(35)11-13-24/h1-18H,19H2,(H,37,41). The molecule has 0 unspecified atom stereocenters. The van der Waals surface area contributed by atoms with Crippen molar-refractivity contribution >= 4 is 62.2 Å². The number of hydrogen-bond donors (Lipinski definition) is 1. The van der Waals surface area contributed by atoms with Gasteiger partial charge < -0.3 is 14.3 Å².